The molecule has 9 heteroatoms. The molecule has 0 aliphatic rings. The van der Waals surface area contributed by atoms with E-state index in [1.54, 1.807) is 11.0 Å². The Hall–Kier alpha value is -0.940. The second-order valence-electron chi connectivity index (χ2n) is 4.90. The molecule has 0 bridgehead atoms. The van der Waals surface area contributed by atoms with Crippen LogP contribution in [0.4, 0.5) is 8.78 Å². The Morgan fingerprint density at radius 3 is 2.87 bits per heavy atom. The molecule has 1 aromatic carbocycles. The van der Waals surface area contributed by atoms with Gasteiger partial charge in [0.25, 0.3) is 0 Å². The van der Waals surface area contributed by atoms with Gasteiger partial charge in [0.05, 0.1) is 22.4 Å². The zero-order chi connectivity index (χ0) is 16.5. The number of hydrogen-bond donors (Lipinski definition) is 0. The lowest BCUT2D eigenvalue weighted by atomic mass is 10.1. The minimum Gasteiger partial charge on any atom is -0.490 e. The van der Waals surface area contributed by atoms with Gasteiger partial charge in [0.1, 0.15) is 18.5 Å². The van der Waals surface area contributed by atoms with Crippen LogP contribution in [0, 0.1) is 17.6 Å². The van der Waals surface area contributed by atoms with Crippen molar-refractivity contribution in [1.82, 2.24) is 14.8 Å². The van der Waals surface area contributed by atoms with Crippen LogP contribution < -0.4 is 4.74 Å². The number of hydrogen-bond acceptors (Lipinski definition) is 5. The van der Waals surface area contributed by atoms with Gasteiger partial charge in [-0.3, -0.25) is 4.68 Å². The molecule has 126 valence electrons. The molecule has 0 spiro atoms. The van der Waals surface area contributed by atoms with Gasteiger partial charge in [0.2, 0.25) is 0 Å². The number of aromatic nitrogens is 3. The van der Waals surface area contributed by atoms with Gasteiger partial charge in [-0.2, -0.15) is 5.10 Å². The van der Waals surface area contributed by atoms with Crippen molar-refractivity contribution in [3.8, 4) is 5.75 Å². The lowest BCUT2D eigenvalue weighted by Crippen LogP contribution is -2.18. The Kier molecular flexibility index (Phi) is 8.03. The smallest absolute Gasteiger partial charge is 0.167 e. The molecular weight excluding hydrogens is 439 g/mol. The maximum Gasteiger partial charge on any atom is 0.167 e. The van der Waals surface area contributed by atoms with Crippen LogP contribution in [-0.4, -0.2) is 28.0 Å². The number of rotatable bonds is 10. The number of aryl methyl sites for hydroxylation is 1. The SMILES string of the molecule is Fc1ccc(OC[C@H](CCCn2cncn2)COSI)c(F)c1. The Morgan fingerprint density at radius 2 is 2.17 bits per heavy atom. The summed E-state index contributed by atoms with van der Waals surface area (Å²) in [7, 11) is 1.25. The Labute approximate surface area is 149 Å². The van der Waals surface area contributed by atoms with Crippen molar-refractivity contribution < 1.29 is 17.7 Å². The normalized spacial score (nSPS) is 12.3. The molecule has 0 radical (unpaired) electrons. The standard InChI is InChI=1S/C14H16F2IN3O2S/c15-12-3-4-14(13(16)6-12)21-7-11(8-22-23-17)2-1-5-20-10-18-9-19-20/h3-4,6,9-11H,1-2,5,7-8H2/t11-/m0/s1. The van der Waals surface area contributed by atoms with E-state index >= 15 is 0 Å². The van der Waals surface area contributed by atoms with Gasteiger partial charge in [-0.1, -0.05) is 0 Å². The summed E-state index contributed by atoms with van der Waals surface area (Å²) >= 11 is 2.05. The molecule has 0 saturated heterocycles. The molecule has 1 heterocycles. The maximum atomic E-state index is 13.6. The van der Waals surface area contributed by atoms with Crippen LogP contribution >= 0.6 is 30.4 Å². The summed E-state index contributed by atoms with van der Waals surface area (Å²) in [6.07, 6.45) is 4.86. The third-order valence-corrected chi connectivity index (χ3v) is 4.17. The Balaban J connectivity index is 1.82. The summed E-state index contributed by atoms with van der Waals surface area (Å²) in [5.74, 6) is -1.17. The van der Waals surface area contributed by atoms with Crippen LogP contribution in [0.25, 0.3) is 0 Å². The molecule has 0 aliphatic carbocycles. The fourth-order valence-electron chi connectivity index (χ4n) is 2.03. The number of benzene rings is 1. The highest BCUT2D eigenvalue weighted by molar-refractivity contribution is 14.2. The summed E-state index contributed by atoms with van der Waals surface area (Å²) in [6.45, 7) is 1.55. The average molecular weight is 455 g/mol. The summed E-state index contributed by atoms with van der Waals surface area (Å²) in [5.41, 5.74) is 0. The largest absolute Gasteiger partial charge is 0.490 e. The van der Waals surface area contributed by atoms with Crippen molar-refractivity contribution in [2.45, 2.75) is 19.4 Å². The van der Waals surface area contributed by atoms with Gasteiger partial charge in [0.15, 0.2) is 11.6 Å². The van der Waals surface area contributed by atoms with E-state index in [1.807, 2.05) is 21.2 Å². The second-order valence-corrected chi connectivity index (χ2v) is 6.34. The van der Waals surface area contributed by atoms with Crippen LogP contribution in [0.3, 0.4) is 0 Å². The molecular formula is C14H16F2IN3O2S. The fraction of sp³-hybridized carbons (Fsp3) is 0.429. The van der Waals surface area contributed by atoms with E-state index in [0.717, 1.165) is 25.5 Å². The molecule has 1 aromatic heterocycles. The predicted molar refractivity (Wildman–Crippen MR) is 92.2 cm³/mol. The summed E-state index contributed by atoms with van der Waals surface area (Å²) in [6, 6.07) is 3.28. The van der Waals surface area contributed by atoms with Crippen molar-refractivity contribution in [1.29, 1.82) is 0 Å². The van der Waals surface area contributed by atoms with Gasteiger partial charge >= 0.3 is 0 Å². The predicted octanol–water partition coefficient (Wildman–Crippen LogP) is 4.05. The topological polar surface area (TPSA) is 49.2 Å². The van der Waals surface area contributed by atoms with Gasteiger partial charge < -0.3 is 8.92 Å². The average Bonchev–Trinajstić information content (AvgIpc) is 3.04. The number of ether oxygens (including phenoxy) is 1. The summed E-state index contributed by atoms with van der Waals surface area (Å²) in [4.78, 5) is 3.89. The molecule has 1 atom stereocenters. The first-order chi connectivity index (χ1) is 11.2. The van der Waals surface area contributed by atoms with Crippen molar-refractivity contribution in [3.63, 3.8) is 0 Å². The van der Waals surface area contributed by atoms with Crippen LogP contribution in [0.1, 0.15) is 12.8 Å². The van der Waals surface area contributed by atoms with Crippen molar-refractivity contribution in [2.24, 2.45) is 5.92 Å². The highest BCUT2D eigenvalue weighted by Gasteiger charge is 2.13. The highest BCUT2D eigenvalue weighted by Crippen LogP contribution is 2.21. The quantitative estimate of drug-likeness (QED) is 0.400. The molecule has 0 saturated carbocycles. The van der Waals surface area contributed by atoms with E-state index in [1.165, 1.54) is 27.7 Å². The van der Waals surface area contributed by atoms with Crippen molar-refractivity contribution in [3.05, 3.63) is 42.5 Å². The molecule has 0 amide bonds. The third-order valence-electron chi connectivity index (χ3n) is 3.18. The lowest BCUT2D eigenvalue weighted by Gasteiger charge is -2.17. The molecule has 0 fully saturated rings. The van der Waals surface area contributed by atoms with Crippen molar-refractivity contribution in [2.75, 3.05) is 13.2 Å². The van der Waals surface area contributed by atoms with E-state index in [2.05, 4.69) is 10.1 Å². The van der Waals surface area contributed by atoms with Gasteiger partial charge in [0, 0.05) is 39.7 Å². The van der Waals surface area contributed by atoms with E-state index in [-0.39, 0.29) is 11.7 Å². The Morgan fingerprint density at radius 1 is 1.30 bits per heavy atom. The number of nitrogens with zero attached hydrogens (tertiary/aromatic N) is 3. The molecule has 5 nitrogen and oxygen atoms in total. The Bertz CT molecular complexity index is 589. The minimum absolute atomic E-state index is 0.0507. The zero-order valence-corrected chi connectivity index (χ0v) is 15.2. The first-order valence-electron chi connectivity index (χ1n) is 6.99. The van der Waals surface area contributed by atoms with Crippen LogP contribution in [0.2, 0.25) is 0 Å². The molecule has 23 heavy (non-hydrogen) atoms. The third kappa shape index (κ3) is 6.60. The van der Waals surface area contributed by atoms with E-state index in [4.69, 9.17) is 8.92 Å². The first kappa shape index (κ1) is 18.4. The zero-order valence-electron chi connectivity index (χ0n) is 12.2. The van der Waals surface area contributed by atoms with Crippen molar-refractivity contribution >= 4 is 30.4 Å². The summed E-state index contributed by atoms with van der Waals surface area (Å²) in [5, 5.41) is 4.04. The minimum atomic E-state index is -0.699. The monoisotopic (exact) mass is 455 g/mol. The number of halogens is 3. The molecule has 0 aliphatic heterocycles. The lowest BCUT2D eigenvalue weighted by molar-refractivity contribution is 0.177. The van der Waals surface area contributed by atoms with Gasteiger partial charge in [-0.05, 0) is 25.0 Å². The van der Waals surface area contributed by atoms with Crippen LogP contribution in [0.15, 0.2) is 30.9 Å². The molecule has 2 rings (SSSR count). The van der Waals surface area contributed by atoms with E-state index in [9.17, 15) is 8.78 Å². The fourth-order valence-corrected chi connectivity index (χ4v) is 2.71. The van der Waals surface area contributed by atoms with Crippen LogP contribution in [-0.2, 0) is 10.7 Å². The second kappa shape index (κ2) is 10.0. The van der Waals surface area contributed by atoms with E-state index < -0.39 is 11.6 Å². The van der Waals surface area contributed by atoms with Crippen LogP contribution in [0.5, 0.6) is 5.75 Å². The molecule has 2 aromatic rings. The summed E-state index contributed by atoms with van der Waals surface area (Å²) < 4.78 is 39.0. The van der Waals surface area contributed by atoms with Gasteiger partial charge in [-0.25, -0.2) is 13.8 Å². The van der Waals surface area contributed by atoms with E-state index in [0.29, 0.717) is 13.2 Å². The highest BCUT2D eigenvalue weighted by atomic mass is 127. The molecule has 0 unspecified atom stereocenters. The first-order valence-corrected chi connectivity index (χ1v) is 10.3. The molecule has 0 N–H and O–H groups in total. The maximum absolute atomic E-state index is 13.6. The van der Waals surface area contributed by atoms with Gasteiger partial charge in [-0.15, -0.1) is 0 Å².